The first kappa shape index (κ1) is 14.2. The summed E-state index contributed by atoms with van der Waals surface area (Å²) in [6, 6.07) is 7.96. The average Bonchev–Trinajstić information content (AvgIpc) is 2.41. The minimum absolute atomic E-state index is 0.00236. The normalized spacial score (nSPS) is 10.3. The Kier molecular flexibility index (Phi) is 4.14. The van der Waals surface area contributed by atoms with Gasteiger partial charge in [-0.05, 0) is 18.2 Å². The lowest BCUT2D eigenvalue weighted by Gasteiger charge is -2.08. The van der Waals surface area contributed by atoms with E-state index in [9.17, 15) is 18.9 Å². The molecule has 0 unspecified atom stereocenters. The molecule has 0 fully saturated rings. The fraction of sp³-hybridized carbons (Fsp3) is 0.0769. The first-order chi connectivity index (χ1) is 9.49. The van der Waals surface area contributed by atoms with Crippen LogP contribution in [0.25, 0.3) is 0 Å². The van der Waals surface area contributed by atoms with Crippen molar-refractivity contribution in [2.75, 3.05) is 5.32 Å². The molecular weight excluding hydrogens is 290 g/mol. The Labute approximate surface area is 118 Å². The molecule has 0 atom stereocenters. The number of anilines is 1. The maximum Gasteiger partial charge on any atom is 0.289 e. The summed E-state index contributed by atoms with van der Waals surface area (Å²) in [5.41, 5.74) is 0.267. The van der Waals surface area contributed by atoms with E-state index in [0.29, 0.717) is 5.69 Å². The summed E-state index contributed by atoms with van der Waals surface area (Å²) in [5, 5.41) is 13.5. The van der Waals surface area contributed by atoms with Crippen molar-refractivity contribution in [1.82, 2.24) is 0 Å². The summed E-state index contributed by atoms with van der Waals surface area (Å²) < 4.78 is 26.5. The van der Waals surface area contributed by atoms with Crippen LogP contribution >= 0.6 is 11.6 Å². The quantitative estimate of drug-likeness (QED) is 0.682. The zero-order chi connectivity index (χ0) is 14.7. The fourth-order valence-electron chi connectivity index (χ4n) is 1.64. The van der Waals surface area contributed by atoms with Crippen molar-refractivity contribution in [3.05, 3.63) is 68.7 Å². The van der Waals surface area contributed by atoms with Crippen LogP contribution < -0.4 is 5.32 Å². The van der Waals surface area contributed by atoms with Crippen molar-refractivity contribution in [3.8, 4) is 0 Å². The topological polar surface area (TPSA) is 55.2 Å². The molecule has 2 rings (SSSR count). The molecule has 1 N–H and O–H groups in total. The van der Waals surface area contributed by atoms with E-state index in [2.05, 4.69) is 5.32 Å². The molecule has 20 heavy (non-hydrogen) atoms. The summed E-state index contributed by atoms with van der Waals surface area (Å²) >= 11 is 5.68. The molecule has 2 aromatic carbocycles. The molecule has 4 nitrogen and oxygen atoms in total. The van der Waals surface area contributed by atoms with Gasteiger partial charge in [-0.3, -0.25) is 10.1 Å². The highest BCUT2D eigenvalue weighted by atomic mass is 35.5. The van der Waals surface area contributed by atoms with Gasteiger partial charge in [0.25, 0.3) is 5.69 Å². The number of nitrogens with zero attached hydrogens (tertiary/aromatic N) is 1. The minimum Gasteiger partial charge on any atom is -0.381 e. The Balaban J connectivity index is 2.17. The Hall–Kier alpha value is -2.21. The van der Waals surface area contributed by atoms with Gasteiger partial charge in [-0.2, -0.15) is 0 Å². The molecule has 0 amide bonds. The lowest BCUT2D eigenvalue weighted by Crippen LogP contribution is -2.03. The molecule has 0 heterocycles. The number of halogens is 3. The second kappa shape index (κ2) is 5.83. The maximum absolute atomic E-state index is 13.4. The summed E-state index contributed by atoms with van der Waals surface area (Å²) in [4.78, 5) is 10.1. The molecule has 104 valence electrons. The van der Waals surface area contributed by atoms with Crippen molar-refractivity contribution in [1.29, 1.82) is 0 Å². The van der Waals surface area contributed by atoms with E-state index >= 15 is 0 Å². The van der Waals surface area contributed by atoms with Crippen LogP contribution in [0.3, 0.4) is 0 Å². The lowest BCUT2D eigenvalue weighted by molar-refractivity contribution is -0.384. The van der Waals surface area contributed by atoms with Gasteiger partial charge in [-0.25, -0.2) is 8.78 Å². The van der Waals surface area contributed by atoms with Gasteiger partial charge in [0, 0.05) is 23.9 Å². The number of benzene rings is 2. The smallest absolute Gasteiger partial charge is 0.289 e. The van der Waals surface area contributed by atoms with Crippen LogP contribution in [0.15, 0.2) is 36.4 Å². The summed E-state index contributed by atoms with van der Waals surface area (Å²) in [6.07, 6.45) is 0. The van der Waals surface area contributed by atoms with E-state index in [4.69, 9.17) is 11.6 Å². The van der Waals surface area contributed by atoms with Crippen molar-refractivity contribution in [3.63, 3.8) is 0 Å². The maximum atomic E-state index is 13.4. The molecule has 0 bridgehead atoms. The highest BCUT2D eigenvalue weighted by Crippen LogP contribution is 2.27. The van der Waals surface area contributed by atoms with Crippen LogP contribution in [0.5, 0.6) is 0 Å². The Morgan fingerprint density at radius 2 is 2.00 bits per heavy atom. The molecule has 0 aromatic heterocycles. The highest BCUT2D eigenvalue weighted by molar-refractivity contribution is 6.32. The summed E-state index contributed by atoms with van der Waals surface area (Å²) in [5.74, 6) is -1.88. The van der Waals surface area contributed by atoms with Gasteiger partial charge in [0.05, 0.1) is 4.92 Å². The number of rotatable bonds is 4. The van der Waals surface area contributed by atoms with E-state index in [1.165, 1.54) is 30.3 Å². The average molecular weight is 299 g/mol. The molecule has 7 heteroatoms. The van der Waals surface area contributed by atoms with Crippen LogP contribution in [0.4, 0.5) is 20.2 Å². The second-order valence-corrected chi connectivity index (χ2v) is 4.40. The van der Waals surface area contributed by atoms with Crippen LogP contribution in [-0.2, 0) is 6.54 Å². The highest BCUT2D eigenvalue weighted by Gasteiger charge is 2.13. The van der Waals surface area contributed by atoms with Crippen molar-refractivity contribution >= 4 is 23.0 Å². The molecule has 0 aliphatic carbocycles. The number of nitrogens with one attached hydrogen (secondary N) is 1. The zero-order valence-corrected chi connectivity index (χ0v) is 10.8. The predicted molar refractivity (Wildman–Crippen MR) is 71.8 cm³/mol. The first-order valence-electron chi connectivity index (χ1n) is 5.59. The Morgan fingerprint density at radius 1 is 1.25 bits per heavy atom. The van der Waals surface area contributed by atoms with Crippen molar-refractivity contribution in [2.45, 2.75) is 6.54 Å². The number of nitro groups is 1. The van der Waals surface area contributed by atoms with E-state index in [1.54, 1.807) is 0 Å². The van der Waals surface area contributed by atoms with Crippen molar-refractivity contribution in [2.24, 2.45) is 0 Å². The standard InChI is InChI=1S/C13H9ClF2N2O2/c14-10-5-4-9(6-12(10)18(19)20)17-7-8-2-1-3-11(15)13(8)16/h1-6,17H,7H2. The van der Waals surface area contributed by atoms with E-state index in [0.717, 1.165) is 6.07 Å². The zero-order valence-electron chi connectivity index (χ0n) is 10.1. The lowest BCUT2D eigenvalue weighted by atomic mass is 10.2. The minimum atomic E-state index is -0.941. The predicted octanol–water partition coefficient (Wildman–Crippen LogP) is 4.14. The molecule has 0 saturated carbocycles. The number of nitro benzene ring substituents is 1. The molecule has 2 aromatic rings. The van der Waals surface area contributed by atoms with Crippen molar-refractivity contribution < 1.29 is 13.7 Å². The van der Waals surface area contributed by atoms with E-state index in [-0.39, 0.29) is 22.8 Å². The summed E-state index contributed by atoms with van der Waals surface area (Å²) in [6.45, 7) is 0.00236. The van der Waals surface area contributed by atoms with Crippen LogP contribution in [-0.4, -0.2) is 4.92 Å². The van der Waals surface area contributed by atoms with Gasteiger partial charge in [0.15, 0.2) is 11.6 Å². The summed E-state index contributed by atoms with van der Waals surface area (Å²) in [7, 11) is 0. The van der Waals surface area contributed by atoms with E-state index < -0.39 is 16.6 Å². The third kappa shape index (κ3) is 3.03. The second-order valence-electron chi connectivity index (χ2n) is 3.99. The van der Waals surface area contributed by atoms with Gasteiger partial charge >= 0.3 is 0 Å². The Bertz CT molecular complexity index is 665. The monoisotopic (exact) mass is 298 g/mol. The first-order valence-corrected chi connectivity index (χ1v) is 5.97. The van der Waals surface area contributed by atoms with Crippen LogP contribution in [0.1, 0.15) is 5.56 Å². The largest absolute Gasteiger partial charge is 0.381 e. The van der Waals surface area contributed by atoms with Gasteiger partial charge in [-0.15, -0.1) is 0 Å². The van der Waals surface area contributed by atoms with E-state index in [1.807, 2.05) is 0 Å². The third-order valence-electron chi connectivity index (χ3n) is 2.66. The van der Waals surface area contributed by atoms with Crippen LogP contribution in [0, 0.1) is 21.7 Å². The SMILES string of the molecule is O=[N+]([O-])c1cc(NCc2cccc(F)c2F)ccc1Cl. The number of hydrogen-bond donors (Lipinski definition) is 1. The van der Waals surface area contributed by atoms with Crippen LogP contribution in [0.2, 0.25) is 5.02 Å². The third-order valence-corrected chi connectivity index (χ3v) is 2.98. The molecule has 0 radical (unpaired) electrons. The molecule has 0 aliphatic heterocycles. The van der Waals surface area contributed by atoms with Gasteiger partial charge in [0.2, 0.25) is 0 Å². The fourth-order valence-corrected chi connectivity index (χ4v) is 1.83. The van der Waals surface area contributed by atoms with Gasteiger partial charge in [-0.1, -0.05) is 23.7 Å². The molecule has 0 saturated heterocycles. The van der Waals surface area contributed by atoms with Gasteiger partial charge in [0.1, 0.15) is 5.02 Å². The molecular formula is C13H9ClF2N2O2. The molecule has 0 spiro atoms. The Morgan fingerprint density at radius 3 is 2.70 bits per heavy atom. The van der Waals surface area contributed by atoms with Gasteiger partial charge < -0.3 is 5.32 Å². The molecule has 0 aliphatic rings. The number of hydrogen-bond acceptors (Lipinski definition) is 3.